The molecule has 1 heterocycles. The molecule has 1 rings (SSSR count). The molecule has 1 aromatic heterocycles. The van der Waals surface area contributed by atoms with Gasteiger partial charge in [-0.25, -0.2) is 0 Å². The number of aryl methyl sites for hydroxylation is 2. The summed E-state index contributed by atoms with van der Waals surface area (Å²) < 4.78 is 1.88. The van der Waals surface area contributed by atoms with Crippen molar-refractivity contribution in [3.63, 3.8) is 0 Å². The van der Waals surface area contributed by atoms with Gasteiger partial charge in [-0.05, 0) is 47.2 Å². The summed E-state index contributed by atoms with van der Waals surface area (Å²) in [6.07, 6.45) is 0.487. The summed E-state index contributed by atoms with van der Waals surface area (Å²) in [5, 5.41) is 16.5. The van der Waals surface area contributed by atoms with Crippen LogP contribution in [0.25, 0.3) is 0 Å². The van der Waals surface area contributed by atoms with E-state index in [4.69, 9.17) is 0 Å². The monoisotopic (exact) mass is 239 g/mol. The van der Waals surface area contributed by atoms with Crippen molar-refractivity contribution in [2.24, 2.45) is 0 Å². The predicted molar refractivity (Wildman–Crippen MR) is 66.1 cm³/mol. The minimum Gasteiger partial charge on any atom is -0.480 e. The van der Waals surface area contributed by atoms with Gasteiger partial charge in [0.25, 0.3) is 0 Å². The molecular formula is C12H21N3O2. The van der Waals surface area contributed by atoms with E-state index in [0.29, 0.717) is 6.42 Å². The molecule has 0 aromatic carbocycles. The summed E-state index contributed by atoms with van der Waals surface area (Å²) in [6.45, 7) is 7.59. The van der Waals surface area contributed by atoms with Crippen LogP contribution >= 0.6 is 0 Å². The van der Waals surface area contributed by atoms with Gasteiger partial charge in [0.1, 0.15) is 5.54 Å². The Balaban J connectivity index is 2.88. The molecule has 5 heteroatoms. The zero-order valence-corrected chi connectivity index (χ0v) is 11.1. The molecular weight excluding hydrogens is 218 g/mol. The van der Waals surface area contributed by atoms with E-state index in [0.717, 1.165) is 11.4 Å². The van der Waals surface area contributed by atoms with Gasteiger partial charge in [-0.3, -0.25) is 9.48 Å². The number of likely N-dealkylation sites (N-methyl/N-ethyl adjacent to an activating group) is 1. The molecule has 2 atom stereocenters. The molecule has 0 saturated carbocycles. The summed E-state index contributed by atoms with van der Waals surface area (Å²) in [5.74, 6) is -0.839. The first-order valence-corrected chi connectivity index (χ1v) is 5.75. The smallest absolute Gasteiger partial charge is 0.323 e. The molecule has 0 fully saturated rings. The third-order valence-electron chi connectivity index (χ3n) is 3.19. The summed E-state index contributed by atoms with van der Waals surface area (Å²) in [5.41, 5.74) is 1.08. The standard InChI is InChI=1S/C12H21N3O2/c1-8-6-9(2)15(14-8)10(3)7-12(4,13-5)11(16)17/h6,10,13H,7H2,1-5H3,(H,16,17). The summed E-state index contributed by atoms with van der Waals surface area (Å²) >= 11 is 0. The molecule has 96 valence electrons. The molecule has 0 spiro atoms. The normalized spacial score (nSPS) is 16.5. The maximum absolute atomic E-state index is 11.2. The van der Waals surface area contributed by atoms with Gasteiger partial charge < -0.3 is 10.4 Å². The van der Waals surface area contributed by atoms with Crippen LogP contribution in [-0.4, -0.2) is 33.4 Å². The van der Waals surface area contributed by atoms with E-state index in [9.17, 15) is 9.90 Å². The second kappa shape index (κ2) is 4.87. The Kier molecular flexibility index (Phi) is 3.93. The van der Waals surface area contributed by atoms with Crippen LogP contribution in [0.4, 0.5) is 0 Å². The van der Waals surface area contributed by atoms with Gasteiger partial charge in [-0.2, -0.15) is 5.10 Å². The summed E-state index contributed by atoms with van der Waals surface area (Å²) in [7, 11) is 1.67. The first-order chi connectivity index (χ1) is 7.80. The predicted octanol–water partition coefficient (Wildman–Crippen LogP) is 1.51. The largest absolute Gasteiger partial charge is 0.480 e. The lowest BCUT2D eigenvalue weighted by molar-refractivity contribution is -0.144. The molecule has 5 nitrogen and oxygen atoms in total. The molecule has 0 bridgehead atoms. The van der Waals surface area contributed by atoms with Gasteiger partial charge in [0.05, 0.1) is 11.7 Å². The van der Waals surface area contributed by atoms with Gasteiger partial charge in [-0.15, -0.1) is 0 Å². The summed E-state index contributed by atoms with van der Waals surface area (Å²) in [4.78, 5) is 11.2. The molecule has 1 aromatic rings. The van der Waals surface area contributed by atoms with Crippen molar-refractivity contribution >= 4 is 5.97 Å². The van der Waals surface area contributed by atoms with Crippen LogP contribution in [0, 0.1) is 13.8 Å². The van der Waals surface area contributed by atoms with Crippen LogP contribution in [-0.2, 0) is 4.79 Å². The molecule has 0 aliphatic carbocycles. The van der Waals surface area contributed by atoms with Crippen molar-refractivity contribution in [3.8, 4) is 0 Å². The Morgan fingerprint density at radius 3 is 2.59 bits per heavy atom. The summed E-state index contributed by atoms with van der Waals surface area (Å²) in [6, 6.07) is 2.03. The number of rotatable bonds is 5. The quantitative estimate of drug-likeness (QED) is 0.817. The molecule has 2 N–H and O–H groups in total. The third kappa shape index (κ3) is 2.85. The van der Waals surface area contributed by atoms with Crippen LogP contribution in [0.2, 0.25) is 0 Å². The highest BCUT2D eigenvalue weighted by atomic mass is 16.4. The Morgan fingerprint density at radius 1 is 1.65 bits per heavy atom. The number of carboxylic acid groups (broad SMARTS) is 1. The Hall–Kier alpha value is -1.36. The number of nitrogens with zero attached hydrogens (tertiary/aromatic N) is 2. The highest BCUT2D eigenvalue weighted by Gasteiger charge is 2.33. The van der Waals surface area contributed by atoms with Gasteiger partial charge in [-0.1, -0.05) is 0 Å². The molecule has 0 amide bonds. The highest BCUT2D eigenvalue weighted by Crippen LogP contribution is 2.22. The van der Waals surface area contributed by atoms with E-state index < -0.39 is 11.5 Å². The molecule has 0 aliphatic heterocycles. The van der Waals surface area contributed by atoms with Crippen molar-refractivity contribution in [3.05, 3.63) is 17.5 Å². The third-order valence-corrected chi connectivity index (χ3v) is 3.19. The second-order valence-corrected chi connectivity index (χ2v) is 4.81. The van der Waals surface area contributed by atoms with E-state index in [1.54, 1.807) is 14.0 Å². The van der Waals surface area contributed by atoms with Crippen LogP contribution < -0.4 is 5.32 Å². The van der Waals surface area contributed by atoms with Crippen molar-refractivity contribution in [1.29, 1.82) is 0 Å². The number of hydrogen-bond acceptors (Lipinski definition) is 3. The lowest BCUT2D eigenvalue weighted by Gasteiger charge is -2.28. The maximum Gasteiger partial charge on any atom is 0.323 e. The lowest BCUT2D eigenvalue weighted by Crippen LogP contribution is -2.48. The van der Waals surface area contributed by atoms with E-state index in [1.807, 2.05) is 31.5 Å². The van der Waals surface area contributed by atoms with Crippen LogP contribution in [0.5, 0.6) is 0 Å². The number of aromatic nitrogens is 2. The van der Waals surface area contributed by atoms with Crippen LogP contribution in [0.1, 0.15) is 37.7 Å². The van der Waals surface area contributed by atoms with Crippen molar-refractivity contribution < 1.29 is 9.90 Å². The minimum atomic E-state index is -0.925. The zero-order chi connectivity index (χ0) is 13.2. The minimum absolute atomic E-state index is 0.0391. The van der Waals surface area contributed by atoms with E-state index in [2.05, 4.69) is 10.4 Å². The Bertz CT molecular complexity index is 414. The van der Waals surface area contributed by atoms with E-state index in [1.165, 1.54) is 0 Å². The molecule has 17 heavy (non-hydrogen) atoms. The van der Waals surface area contributed by atoms with Gasteiger partial charge >= 0.3 is 5.97 Å². The SMILES string of the molecule is CNC(C)(CC(C)n1nc(C)cc1C)C(=O)O. The first kappa shape index (κ1) is 13.7. The lowest BCUT2D eigenvalue weighted by atomic mass is 9.94. The van der Waals surface area contributed by atoms with Crippen molar-refractivity contribution in [1.82, 2.24) is 15.1 Å². The number of carboxylic acids is 1. The Morgan fingerprint density at radius 2 is 2.24 bits per heavy atom. The van der Waals surface area contributed by atoms with E-state index in [-0.39, 0.29) is 6.04 Å². The number of hydrogen-bond donors (Lipinski definition) is 2. The fraction of sp³-hybridized carbons (Fsp3) is 0.667. The van der Waals surface area contributed by atoms with E-state index >= 15 is 0 Å². The van der Waals surface area contributed by atoms with Crippen molar-refractivity contribution in [2.75, 3.05) is 7.05 Å². The molecule has 2 unspecified atom stereocenters. The van der Waals surface area contributed by atoms with Crippen molar-refractivity contribution in [2.45, 2.75) is 45.7 Å². The number of carbonyl (C=O) groups is 1. The number of nitrogens with one attached hydrogen (secondary N) is 1. The molecule has 0 radical (unpaired) electrons. The van der Waals surface area contributed by atoms with Gasteiger partial charge in [0.15, 0.2) is 0 Å². The maximum atomic E-state index is 11.2. The fourth-order valence-corrected chi connectivity index (χ4v) is 2.07. The topological polar surface area (TPSA) is 67.2 Å². The zero-order valence-electron chi connectivity index (χ0n) is 11.1. The Labute approximate surface area is 102 Å². The van der Waals surface area contributed by atoms with Gasteiger partial charge in [0, 0.05) is 5.69 Å². The highest BCUT2D eigenvalue weighted by molar-refractivity contribution is 5.78. The van der Waals surface area contributed by atoms with Crippen LogP contribution in [0.15, 0.2) is 6.07 Å². The molecule has 0 saturated heterocycles. The first-order valence-electron chi connectivity index (χ1n) is 5.75. The fourth-order valence-electron chi connectivity index (χ4n) is 2.07. The second-order valence-electron chi connectivity index (χ2n) is 4.81. The van der Waals surface area contributed by atoms with Gasteiger partial charge in [0.2, 0.25) is 0 Å². The average Bonchev–Trinajstić information content (AvgIpc) is 2.57. The van der Waals surface area contributed by atoms with Crippen LogP contribution in [0.3, 0.4) is 0 Å². The average molecular weight is 239 g/mol. The molecule has 0 aliphatic rings. The number of aliphatic carboxylic acids is 1.